The first-order valence-corrected chi connectivity index (χ1v) is 31.5. The number of esters is 3. The minimum atomic E-state index is -1.46. The fraction of sp³-hybridized carbons (Fsp3) is 0.908. The molecule has 27 atom stereocenters. The van der Waals surface area contributed by atoms with Crippen molar-refractivity contribution < 1.29 is 109 Å². The number of methoxy groups -OCH3 is 11. The standard InChI is InChI=1S/C65H106O23/c1-21-34(2)55(68)88-53-54(79-19)65(33-82-35(3)67)37(28-60(53,4)5)36-22-23-41-61(6)26-25-42(62(7,32-66)40(61)24-27-63(41,8)64(36,9)29-43(65)72-12)84-59-52(87-58-51(78-18)46(75-15)45(74-14)39(83-58)30-70-10)48(47(76-16)49(86-59)56(69)80-20)85-57-50(77-17)44(73-13)38(71-11)31-81-57/h22,32,34,37-54,57-59H,21,23-31,33H2,1-20H3/t34?,37-,38-,39+,40+,41+,42-,43+,44-,45-,46-,47-,48-,49-,50+,51+,52+,53-,54-,57+,58-,59+,61-,62-,63+,64+,65-/m0/s1. The zero-order chi connectivity index (χ0) is 64.6. The molecule has 4 saturated carbocycles. The second-order valence-electron chi connectivity index (χ2n) is 27.7. The summed E-state index contributed by atoms with van der Waals surface area (Å²) < 4.78 is 120. The SMILES string of the molecule is CCC(C)C(=O)O[C@H]1[C@H](OC)[C@]2(COC(C)=O)[C@H](OC)C[C@]3(C)C(=CC[C@@H]4[C@@]5(C)CC[C@H](O[C@@H]6O[C@H](C(=O)OC)[C@@H](OC)[C@H](O[C@H]7OC[C@H](OC)[C@H](OC)[C@H]7OC)[C@H]6O[C@@H]6O[C@H](COC)[C@H](OC)[C@H](OC)[C@H]6OC)[C@@](C)(C=O)[C@@H]5CC[C@]43C)[C@@H]2CC1(C)C. The Kier molecular flexibility index (Phi) is 22.9. The lowest BCUT2D eigenvalue weighted by Gasteiger charge is -2.72. The molecule has 8 aliphatic rings. The Hall–Kier alpha value is -2.82. The zero-order valence-electron chi connectivity index (χ0n) is 56.0. The predicted molar refractivity (Wildman–Crippen MR) is 314 cm³/mol. The van der Waals surface area contributed by atoms with E-state index in [9.17, 15) is 19.2 Å². The fourth-order valence-corrected chi connectivity index (χ4v) is 18.3. The minimum absolute atomic E-state index is 0.0158. The van der Waals surface area contributed by atoms with E-state index in [4.69, 9.17) is 90.0 Å². The Balaban J connectivity index is 1.18. The van der Waals surface area contributed by atoms with Crippen LogP contribution in [0.4, 0.5) is 0 Å². The molecule has 88 heavy (non-hydrogen) atoms. The molecule has 3 aliphatic heterocycles. The highest BCUT2D eigenvalue weighted by Gasteiger charge is 2.74. The number of carbonyl (C=O) groups excluding carboxylic acids is 4. The number of hydrogen-bond donors (Lipinski definition) is 0. The molecule has 23 nitrogen and oxygen atoms in total. The van der Waals surface area contributed by atoms with Gasteiger partial charge in [0.15, 0.2) is 25.0 Å². The van der Waals surface area contributed by atoms with E-state index in [0.717, 1.165) is 19.1 Å². The number of hydrogen-bond acceptors (Lipinski definition) is 23. The third-order valence-electron chi connectivity index (χ3n) is 23.3. The second kappa shape index (κ2) is 28.4. The first kappa shape index (κ1) is 71.0. The molecule has 0 radical (unpaired) electrons. The van der Waals surface area contributed by atoms with Crippen molar-refractivity contribution in [2.24, 2.45) is 56.2 Å². The van der Waals surface area contributed by atoms with Gasteiger partial charge < -0.3 is 94.8 Å². The average molecular weight is 1260 g/mol. The van der Waals surface area contributed by atoms with Crippen LogP contribution in [-0.4, -0.2) is 233 Å². The van der Waals surface area contributed by atoms with Gasteiger partial charge >= 0.3 is 17.9 Å². The van der Waals surface area contributed by atoms with Crippen LogP contribution in [0, 0.1) is 56.2 Å². The Morgan fingerprint density at radius 1 is 0.659 bits per heavy atom. The number of ether oxygens (including phenoxy) is 19. The van der Waals surface area contributed by atoms with E-state index in [1.807, 2.05) is 20.8 Å². The van der Waals surface area contributed by atoms with E-state index >= 15 is 0 Å². The van der Waals surface area contributed by atoms with Crippen molar-refractivity contribution in [1.82, 2.24) is 0 Å². The smallest absolute Gasteiger partial charge is 0.337 e. The Morgan fingerprint density at radius 3 is 1.86 bits per heavy atom. The monoisotopic (exact) mass is 1250 g/mol. The summed E-state index contributed by atoms with van der Waals surface area (Å²) in [5, 5.41) is 0. The quantitative estimate of drug-likeness (QED) is 0.0342. The minimum Gasteiger partial charge on any atom is -0.467 e. The first-order chi connectivity index (χ1) is 41.8. The summed E-state index contributed by atoms with van der Waals surface area (Å²) >= 11 is 0. The zero-order valence-corrected chi connectivity index (χ0v) is 56.0. The van der Waals surface area contributed by atoms with Gasteiger partial charge in [0, 0.05) is 83.4 Å². The highest BCUT2D eigenvalue weighted by atomic mass is 16.8. The Morgan fingerprint density at radius 2 is 1.30 bits per heavy atom. The van der Waals surface area contributed by atoms with Gasteiger partial charge in [-0.3, -0.25) is 9.59 Å². The number of aldehydes is 1. The van der Waals surface area contributed by atoms with Crippen LogP contribution >= 0.6 is 0 Å². The van der Waals surface area contributed by atoms with Crippen molar-refractivity contribution >= 4 is 24.2 Å². The molecular formula is C65H106O23. The third kappa shape index (κ3) is 12.0. The Bertz CT molecular complexity index is 2410. The summed E-state index contributed by atoms with van der Waals surface area (Å²) in [7, 11) is 16.8. The highest BCUT2D eigenvalue weighted by molar-refractivity contribution is 5.75. The summed E-state index contributed by atoms with van der Waals surface area (Å²) in [6, 6.07) is 0. The number of carbonyl (C=O) groups is 4. The van der Waals surface area contributed by atoms with E-state index in [0.29, 0.717) is 38.5 Å². The van der Waals surface area contributed by atoms with Gasteiger partial charge in [-0.15, -0.1) is 0 Å². The lowest BCUT2D eigenvalue weighted by Crippen LogP contribution is -2.73. The van der Waals surface area contributed by atoms with Gasteiger partial charge in [0.05, 0.1) is 49.3 Å². The molecule has 0 bridgehead atoms. The lowest BCUT2D eigenvalue weighted by molar-refractivity contribution is -0.396. The van der Waals surface area contributed by atoms with Gasteiger partial charge in [0.2, 0.25) is 0 Å². The molecule has 1 unspecified atom stereocenters. The van der Waals surface area contributed by atoms with Crippen LogP contribution in [0.25, 0.3) is 0 Å². The molecule has 0 aromatic heterocycles. The molecule has 0 N–H and O–H groups in total. The van der Waals surface area contributed by atoms with Crippen molar-refractivity contribution in [2.75, 3.05) is 98.0 Å². The van der Waals surface area contributed by atoms with E-state index < -0.39 is 149 Å². The lowest BCUT2D eigenvalue weighted by atomic mass is 9.33. The van der Waals surface area contributed by atoms with Crippen LogP contribution < -0.4 is 0 Å². The summed E-state index contributed by atoms with van der Waals surface area (Å²) in [6.45, 7) is 18.9. The summed E-state index contributed by atoms with van der Waals surface area (Å²) in [4.78, 5) is 55.4. The van der Waals surface area contributed by atoms with Gasteiger partial charge in [-0.05, 0) is 85.4 Å². The van der Waals surface area contributed by atoms with Crippen LogP contribution in [0.1, 0.15) is 114 Å². The molecule has 0 amide bonds. The molecule has 504 valence electrons. The maximum atomic E-state index is 14.5. The maximum absolute atomic E-state index is 14.5. The molecule has 3 heterocycles. The van der Waals surface area contributed by atoms with Crippen LogP contribution in [-0.2, 0) is 109 Å². The average Bonchev–Trinajstić information content (AvgIpc) is 0.680. The van der Waals surface area contributed by atoms with Crippen LogP contribution in [0.5, 0.6) is 0 Å². The number of allylic oxidation sites excluding steroid dienone is 2. The van der Waals surface area contributed by atoms with Gasteiger partial charge in [-0.1, -0.05) is 67.0 Å². The van der Waals surface area contributed by atoms with Crippen LogP contribution in [0.3, 0.4) is 0 Å². The third-order valence-corrected chi connectivity index (χ3v) is 23.3. The molecule has 5 aliphatic carbocycles. The maximum Gasteiger partial charge on any atom is 0.337 e. The van der Waals surface area contributed by atoms with E-state index in [2.05, 4.69) is 40.7 Å². The molecule has 7 fully saturated rings. The van der Waals surface area contributed by atoms with Gasteiger partial charge in [-0.2, -0.15) is 0 Å². The molecule has 23 heteroatoms. The summed E-state index contributed by atoms with van der Waals surface area (Å²) in [5.41, 5.74) is -2.52. The predicted octanol–water partition coefficient (Wildman–Crippen LogP) is 6.23. The van der Waals surface area contributed by atoms with Crippen molar-refractivity contribution in [2.45, 2.75) is 224 Å². The highest BCUT2D eigenvalue weighted by Crippen LogP contribution is 2.76. The fourth-order valence-electron chi connectivity index (χ4n) is 18.3. The normalized spacial score (nSPS) is 45.9. The van der Waals surface area contributed by atoms with Crippen LogP contribution in [0.2, 0.25) is 0 Å². The largest absolute Gasteiger partial charge is 0.467 e. The summed E-state index contributed by atoms with van der Waals surface area (Å²) in [5.74, 6) is -2.12. The topological polar surface area (TPSA) is 244 Å². The molecule has 3 saturated heterocycles. The number of rotatable bonds is 24. The summed E-state index contributed by atoms with van der Waals surface area (Å²) in [6.07, 6.45) is -8.30. The van der Waals surface area contributed by atoms with Gasteiger partial charge in [0.25, 0.3) is 0 Å². The van der Waals surface area contributed by atoms with Gasteiger partial charge in [0.1, 0.15) is 86.1 Å². The molecule has 8 rings (SSSR count). The number of fused-ring (bicyclic) bond motifs is 7. The molecule has 0 aromatic carbocycles. The van der Waals surface area contributed by atoms with E-state index in [1.54, 1.807) is 49.8 Å². The van der Waals surface area contributed by atoms with Crippen LogP contribution in [0.15, 0.2) is 11.6 Å². The van der Waals surface area contributed by atoms with Crippen molar-refractivity contribution in [3.63, 3.8) is 0 Å². The van der Waals surface area contributed by atoms with E-state index in [-0.39, 0.29) is 54.9 Å². The van der Waals surface area contributed by atoms with Crippen molar-refractivity contribution in [1.29, 1.82) is 0 Å². The molecular weight excluding hydrogens is 1150 g/mol. The second-order valence-corrected chi connectivity index (χ2v) is 27.7. The van der Waals surface area contributed by atoms with Crippen molar-refractivity contribution in [3.8, 4) is 0 Å². The van der Waals surface area contributed by atoms with E-state index in [1.165, 1.54) is 40.9 Å². The first-order valence-electron chi connectivity index (χ1n) is 31.5. The Labute approximate surface area is 521 Å². The molecule has 0 aromatic rings. The van der Waals surface area contributed by atoms with Crippen molar-refractivity contribution in [3.05, 3.63) is 11.6 Å². The molecule has 0 spiro atoms. The van der Waals surface area contributed by atoms with Gasteiger partial charge in [-0.25, -0.2) is 4.79 Å².